The van der Waals surface area contributed by atoms with Crippen LogP contribution in [0.5, 0.6) is 0 Å². The van der Waals surface area contributed by atoms with Crippen molar-refractivity contribution in [2.45, 2.75) is 33.6 Å². The Morgan fingerprint density at radius 1 is 1.47 bits per heavy atom. The summed E-state index contributed by atoms with van der Waals surface area (Å²) in [5, 5.41) is 7.72. The monoisotopic (exact) mass is 210 g/mol. The Kier molecular flexibility index (Phi) is 4.00. The number of nitrogens with zero attached hydrogens (tertiary/aromatic N) is 2. The smallest absolute Gasteiger partial charge is 0.147 e. The van der Waals surface area contributed by atoms with Crippen molar-refractivity contribution in [3.05, 3.63) is 5.69 Å². The summed E-state index contributed by atoms with van der Waals surface area (Å²) in [5.41, 5.74) is 7.77. The highest BCUT2D eigenvalue weighted by Crippen LogP contribution is 2.22. The van der Waals surface area contributed by atoms with Gasteiger partial charge in [0.05, 0.1) is 11.4 Å². The minimum atomic E-state index is 0.657. The molecule has 0 spiro atoms. The summed E-state index contributed by atoms with van der Waals surface area (Å²) < 4.78 is 1.83. The number of nitrogens with two attached hydrogens (primary N) is 1. The summed E-state index contributed by atoms with van der Waals surface area (Å²) in [6, 6.07) is 0. The van der Waals surface area contributed by atoms with Crippen molar-refractivity contribution in [1.82, 2.24) is 9.78 Å². The molecule has 4 heteroatoms. The standard InChI is InChI=1S/C11H22N4/c1-5-8(3)7-13-11-10(12)9(6-2)14-15(11)4/h8,13H,5-7,12H2,1-4H3. The molecule has 1 heterocycles. The molecule has 15 heavy (non-hydrogen) atoms. The van der Waals surface area contributed by atoms with Gasteiger partial charge >= 0.3 is 0 Å². The molecular formula is C11H22N4. The third kappa shape index (κ3) is 2.64. The largest absolute Gasteiger partial charge is 0.394 e. The van der Waals surface area contributed by atoms with Gasteiger partial charge in [0.1, 0.15) is 5.82 Å². The van der Waals surface area contributed by atoms with Crippen LogP contribution in [0.1, 0.15) is 32.9 Å². The van der Waals surface area contributed by atoms with Crippen LogP contribution in [0, 0.1) is 5.92 Å². The lowest BCUT2D eigenvalue weighted by atomic mass is 10.1. The minimum absolute atomic E-state index is 0.657. The first kappa shape index (κ1) is 11.9. The maximum absolute atomic E-state index is 6.00. The first-order chi connectivity index (χ1) is 7.10. The van der Waals surface area contributed by atoms with E-state index in [-0.39, 0.29) is 0 Å². The van der Waals surface area contributed by atoms with Crippen molar-refractivity contribution in [3.63, 3.8) is 0 Å². The molecule has 4 nitrogen and oxygen atoms in total. The summed E-state index contributed by atoms with van der Waals surface area (Å²) in [5.74, 6) is 1.61. The lowest BCUT2D eigenvalue weighted by Gasteiger charge is -2.11. The van der Waals surface area contributed by atoms with E-state index in [1.165, 1.54) is 6.42 Å². The van der Waals surface area contributed by atoms with Gasteiger partial charge in [-0.2, -0.15) is 5.10 Å². The van der Waals surface area contributed by atoms with E-state index in [2.05, 4.69) is 31.2 Å². The van der Waals surface area contributed by atoms with E-state index < -0.39 is 0 Å². The summed E-state index contributed by atoms with van der Waals surface area (Å²) >= 11 is 0. The van der Waals surface area contributed by atoms with Gasteiger partial charge in [-0.15, -0.1) is 0 Å². The molecule has 0 radical (unpaired) electrons. The summed E-state index contributed by atoms with van der Waals surface area (Å²) in [6.07, 6.45) is 2.05. The lowest BCUT2D eigenvalue weighted by Crippen LogP contribution is -2.13. The van der Waals surface area contributed by atoms with Crippen LogP contribution in [0.2, 0.25) is 0 Å². The van der Waals surface area contributed by atoms with Crippen LogP contribution in [0.15, 0.2) is 0 Å². The first-order valence-electron chi connectivity index (χ1n) is 5.65. The molecule has 1 atom stereocenters. The van der Waals surface area contributed by atoms with E-state index in [9.17, 15) is 0 Å². The molecule has 0 aliphatic carbocycles. The number of anilines is 2. The van der Waals surface area contributed by atoms with Crippen molar-refractivity contribution in [1.29, 1.82) is 0 Å². The summed E-state index contributed by atoms with van der Waals surface area (Å²) in [6.45, 7) is 7.43. The number of aryl methyl sites for hydroxylation is 2. The molecule has 1 aromatic rings. The fourth-order valence-electron chi connectivity index (χ4n) is 1.48. The normalized spacial score (nSPS) is 12.8. The maximum atomic E-state index is 6.00. The fourth-order valence-corrected chi connectivity index (χ4v) is 1.48. The minimum Gasteiger partial charge on any atom is -0.394 e. The van der Waals surface area contributed by atoms with Crippen molar-refractivity contribution >= 4 is 11.5 Å². The fraction of sp³-hybridized carbons (Fsp3) is 0.727. The van der Waals surface area contributed by atoms with Gasteiger partial charge in [-0.25, -0.2) is 0 Å². The van der Waals surface area contributed by atoms with Gasteiger partial charge in [0.15, 0.2) is 0 Å². The maximum Gasteiger partial charge on any atom is 0.147 e. The third-order valence-corrected chi connectivity index (χ3v) is 2.81. The Labute approximate surface area is 91.8 Å². The molecule has 0 aliphatic rings. The Morgan fingerprint density at radius 2 is 2.13 bits per heavy atom. The second-order valence-corrected chi connectivity index (χ2v) is 4.08. The van der Waals surface area contributed by atoms with Crippen LogP contribution >= 0.6 is 0 Å². The average Bonchev–Trinajstić information content (AvgIpc) is 2.51. The van der Waals surface area contributed by atoms with Gasteiger partial charge in [-0.1, -0.05) is 27.2 Å². The van der Waals surface area contributed by atoms with Crippen molar-refractivity contribution in [3.8, 4) is 0 Å². The second-order valence-electron chi connectivity index (χ2n) is 4.08. The van der Waals surface area contributed by atoms with Crippen LogP contribution < -0.4 is 11.1 Å². The molecule has 0 bridgehead atoms. The number of nitrogens with one attached hydrogen (secondary N) is 1. The molecule has 1 unspecified atom stereocenters. The number of hydrogen-bond donors (Lipinski definition) is 2. The Hall–Kier alpha value is -1.19. The SMILES string of the molecule is CCc1nn(C)c(NCC(C)CC)c1N. The molecule has 86 valence electrons. The highest BCUT2D eigenvalue weighted by atomic mass is 15.3. The molecule has 0 amide bonds. The van der Waals surface area contributed by atoms with Crippen LogP contribution in [-0.4, -0.2) is 16.3 Å². The van der Waals surface area contributed by atoms with Crippen LogP contribution in [0.3, 0.4) is 0 Å². The molecule has 1 aromatic heterocycles. The van der Waals surface area contributed by atoms with Crippen molar-refractivity contribution < 1.29 is 0 Å². The van der Waals surface area contributed by atoms with Crippen molar-refractivity contribution in [2.75, 3.05) is 17.6 Å². The van der Waals surface area contributed by atoms with Crippen LogP contribution in [0.4, 0.5) is 11.5 Å². The highest BCUT2D eigenvalue weighted by molar-refractivity contribution is 5.64. The van der Waals surface area contributed by atoms with Crippen molar-refractivity contribution in [2.24, 2.45) is 13.0 Å². The van der Waals surface area contributed by atoms with E-state index in [4.69, 9.17) is 5.73 Å². The number of nitrogen functional groups attached to an aromatic ring is 1. The summed E-state index contributed by atoms with van der Waals surface area (Å²) in [7, 11) is 1.93. The zero-order chi connectivity index (χ0) is 11.4. The van der Waals surface area contributed by atoms with Gasteiger partial charge in [-0.3, -0.25) is 4.68 Å². The molecule has 3 N–H and O–H groups in total. The third-order valence-electron chi connectivity index (χ3n) is 2.81. The molecular weight excluding hydrogens is 188 g/mol. The predicted octanol–water partition coefficient (Wildman–Crippen LogP) is 2.02. The molecule has 0 fully saturated rings. The molecule has 0 saturated heterocycles. The number of aromatic nitrogens is 2. The van der Waals surface area contributed by atoms with Gasteiger partial charge in [0.2, 0.25) is 0 Å². The first-order valence-corrected chi connectivity index (χ1v) is 5.65. The summed E-state index contributed by atoms with van der Waals surface area (Å²) in [4.78, 5) is 0. The average molecular weight is 210 g/mol. The Balaban J connectivity index is 2.72. The molecule has 0 aromatic carbocycles. The van der Waals surface area contributed by atoms with Gasteiger partial charge < -0.3 is 11.1 Å². The Bertz CT molecular complexity index is 317. The van der Waals surface area contributed by atoms with Crippen LogP contribution in [-0.2, 0) is 13.5 Å². The van der Waals surface area contributed by atoms with Gasteiger partial charge in [0, 0.05) is 13.6 Å². The molecule has 1 rings (SSSR count). The molecule has 0 saturated carbocycles. The predicted molar refractivity (Wildman–Crippen MR) is 64.9 cm³/mol. The van der Waals surface area contributed by atoms with E-state index in [1.807, 2.05) is 11.7 Å². The molecule has 0 aliphatic heterocycles. The zero-order valence-electron chi connectivity index (χ0n) is 10.2. The number of hydrogen-bond acceptors (Lipinski definition) is 3. The highest BCUT2D eigenvalue weighted by Gasteiger charge is 2.11. The quantitative estimate of drug-likeness (QED) is 0.781. The van der Waals surface area contributed by atoms with E-state index >= 15 is 0 Å². The Morgan fingerprint density at radius 3 is 2.60 bits per heavy atom. The lowest BCUT2D eigenvalue weighted by molar-refractivity contribution is 0.589. The second kappa shape index (κ2) is 5.05. The number of rotatable bonds is 5. The van der Waals surface area contributed by atoms with E-state index in [1.54, 1.807) is 0 Å². The van der Waals surface area contributed by atoms with Crippen LogP contribution in [0.25, 0.3) is 0 Å². The van der Waals surface area contributed by atoms with E-state index in [0.29, 0.717) is 5.92 Å². The van der Waals surface area contributed by atoms with E-state index in [0.717, 1.165) is 30.2 Å². The topological polar surface area (TPSA) is 55.9 Å². The van der Waals surface area contributed by atoms with Gasteiger partial charge in [0.25, 0.3) is 0 Å². The zero-order valence-corrected chi connectivity index (χ0v) is 10.2. The van der Waals surface area contributed by atoms with Gasteiger partial charge in [-0.05, 0) is 12.3 Å².